The Hall–Kier alpha value is -1.72. The number of carbonyl (C=O) groups excluding carboxylic acids is 2. The normalized spacial score (nSPS) is 21.0. The summed E-state index contributed by atoms with van der Waals surface area (Å²) in [5.74, 6) is -0.475. The molecule has 1 heterocycles. The molecule has 5 N–H and O–H groups in total. The summed E-state index contributed by atoms with van der Waals surface area (Å²) in [6.45, 7) is 10.4. The minimum Gasteiger partial charge on any atom is -0.389 e. The molecule has 0 aromatic heterocycles. The van der Waals surface area contributed by atoms with Crippen LogP contribution in [0.4, 0.5) is 4.79 Å². The van der Waals surface area contributed by atoms with Crippen LogP contribution in [-0.2, 0) is 24.2 Å². The van der Waals surface area contributed by atoms with Gasteiger partial charge in [-0.3, -0.25) is 9.32 Å². The van der Waals surface area contributed by atoms with E-state index in [0.717, 1.165) is 5.56 Å². The maximum atomic E-state index is 13.5. The second-order valence-electron chi connectivity index (χ2n) is 11.0. The zero-order valence-electron chi connectivity index (χ0n) is 22.2. The number of rotatable bonds is 10. The summed E-state index contributed by atoms with van der Waals surface area (Å²) in [5, 5.41) is 15.7. The van der Waals surface area contributed by atoms with Crippen LogP contribution in [0.5, 0.6) is 0 Å². The fourth-order valence-corrected chi connectivity index (χ4v) is 4.82. The van der Waals surface area contributed by atoms with Gasteiger partial charge < -0.3 is 35.2 Å². The molecule has 1 saturated heterocycles. The Morgan fingerprint density at radius 1 is 1.22 bits per heavy atom. The van der Waals surface area contributed by atoms with Crippen LogP contribution < -0.4 is 10.6 Å². The number of hydrogen-bond acceptors (Lipinski definition) is 6. The molecule has 0 aliphatic carbocycles. The number of ether oxygens (including phenoxy) is 1. The van der Waals surface area contributed by atoms with Gasteiger partial charge in [0.15, 0.2) is 6.79 Å². The molecule has 1 aromatic carbocycles. The summed E-state index contributed by atoms with van der Waals surface area (Å²) in [6.07, 6.45) is 0.299. The van der Waals surface area contributed by atoms with E-state index >= 15 is 0 Å². The van der Waals surface area contributed by atoms with Crippen molar-refractivity contribution in [2.24, 2.45) is 11.3 Å². The minimum atomic E-state index is -4.76. The van der Waals surface area contributed by atoms with Crippen LogP contribution in [0.1, 0.15) is 53.5 Å². The van der Waals surface area contributed by atoms with Crippen molar-refractivity contribution in [3.05, 3.63) is 34.9 Å². The minimum absolute atomic E-state index is 0.0201. The zero-order chi connectivity index (χ0) is 28.2. The number of benzene rings is 1. The molecule has 210 valence electrons. The summed E-state index contributed by atoms with van der Waals surface area (Å²) >= 11 is 6.07. The molecule has 1 unspecified atom stereocenters. The van der Waals surface area contributed by atoms with Crippen LogP contribution in [-0.4, -0.2) is 69.8 Å². The highest BCUT2D eigenvalue weighted by Crippen LogP contribution is 2.50. The Bertz CT molecular complexity index is 993. The highest BCUT2D eigenvalue weighted by molar-refractivity contribution is 7.46. The van der Waals surface area contributed by atoms with E-state index < -0.39 is 43.3 Å². The smallest absolute Gasteiger partial charge is 0.389 e. The van der Waals surface area contributed by atoms with Crippen LogP contribution >= 0.6 is 19.4 Å². The second kappa shape index (κ2) is 12.0. The van der Waals surface area contributed by atoms with Gasteiger partial charge in [-0.25, -0.2) is 9.36 Å². The van der Waals surface area contributed by atoms with E-state index in [2.05, 4.69) is 15.2 Å². The average Bonchev–Trinajstić information content (AvgIpc) is 2.75. The van der Waals surface area contributed by atoms with Gasteiger partial charge in [-0.1, -0.05) is 51.4 Å². The number of urea groups is 1. The fourth-order valence-electron chi connectivity index (χ4n) is 4.50. The van der Waals surface area contributed by atoms with Gasteiger partial charge in [0.2, 0.25) is 5.91 Å². The molecule has 1 fully saturated rings. The lowest BCUT2D eigenvalue weighted by Gasteiger charge is -2.53. The first-order valence-electron chi connectivity index (χ1n) is 12.0. The molecule has 0 bridgehead atoms. The predicted octanol–water partition coefficient (Wildman–Crippen LogP) is 2.97. The lowest BCUT2D eigenvalue weighted by Crippen LogP contribution is -2.62. The third-order valence-corrected chi connectivity index (χ3v) is 7.16. The molecular weight excluding hydrogens is 525 g/mol. The highest BCUT2D eigenvalue weighted by atomic mass is 35.5. The monoisotopic (exact) mass is 563 g/mol. The Kier molecular flexibility index (Phi) is 10.2. The van der Waals surface area contributed by atoms with Crippen molar-refractivity contribution in [1.29, 1.82) is 0 Å². The summed E-state index contributed by atoms with van der Waals surface area (Å²) < 4.78 is 21.9. The molecule has 1 aromatic rings. The van der Waals surface area contributed by atoms with Crippen LogP contribution in [0.2, 0.25) is 5.02 Å². The summed E-state index contributed by atoms with van der Waals surface area (Å²) in [4.78, 5) is 45.9. The van der Waals surface area contributed by atoms with Crippen molar-refractivity contribution >= 4 is 31.4 Å². The molecular formula is C24H39ClN3O8P. The molecule has 0 spiro atoms. The van der Waals surface area contributed by atoms with Crippen molar-refractivity contribution in [2.75, 3.05) is 26.4 Å². The number of nitrogens with one attached hydrogen (secondary N) is 2. The summed E-state index contributed by atoms with van der Waals surface area (Å²) in [5.41, 5.74) is -2.15. The number of hydrogen-bond donors (Lipinski definition) is 5. The predicted molar refractivity (Wildman–Crippen MR) is 139 cm³/mol. The van der Waals surface area contributed by atoms with Crippen LogP contribution in [0.15, 0.2) is 24.3 Å². The number of carbonyl (C=O) groups is 2. The SMILES string of the molecule is CC(C)C(NC(=O)NCC(C)(C)O)C(=O)N1CC[C@](OCOP(=O)(O)O)(c2ccc(Cl)cc2)C(C)(C)C1. The average molecular weight is 564 g/mol. The van der Waals surface area contributed by atoms with Gasteiger partial charge in [-0.15, -0.1) is 0 Å². The van der Waals surface area contributed by atoms with Gasteiger partial charge in [-0.2, -0.15) is 0 Å². The zero-order valence-corrected chi connectivity index (χ0v) is 23.8. The number of aliphatic hydroxyl groups is 1. The van der Waals surface area contributed by atoms with E-state index in [1.165, 1.54) is 0 Å². The van der Waals surface area contributed by atoms with E-state index in [-0.39, 0.29) is 31.5 Å². The number of phosphoric ester groups is 1. The summed E-state index contributed by atoms with van der Waals surface area (Å²) in [6, 6.07) is 5.60. The van der Waals surface area contributed by atoms with Crippen molar-refractivity contribution in [3.63, 3.8) is 0 Å². The van der Waals surface area contributed by atoms with E-state index in [9.17, 15) is 19.3 Å². The topological polar surface area (TPSA) is 158 Å². The maximum Gasteiger partial charge on any atom is 0.471 e. The van der Waals surface area contributed by atoms with E-state index in [1.54, 1.807) is 43.0 Å². The van der Waals surface area contributed by atoms with Crippen LogP contribution in [0.3, 0.4) is 0 Å². The van der Waals surface area contributed by atoms with E-state index in [1.807, 2.05) is 27.7 Å². The van der Waals surface area contributed by atoms with Gasteiger partial charge in [0.05, 0.1) is 5.60 Å². The van der Waals surface area contributed by atoms with E-state index in [4.69, 9.17) is 26.1 Å². The van der Waals surface area contributed by atoms with Crippen molar-refractivity contribution < 1.29 is 38.3 Å². The molecule has 37 heavy (non-hydrogen) atoms. The van der Waals surface area contributed by atoms with Gasteiger partial charge in [0, 0.05) is 30.1 Å². The standard InChI is InChI=1S/C24H39ClN3O8P/c1-16(2)19(27-21(30)26-13-23(5,6)31)20(29)28-12-11-24(22(3,4)14-28,35-15-36-37(32,33)34)17-7-9-18(25)10-8-17/h7-10,16,19,31H,11-15H2,1-6H3,(H2,26,27,30)(H2,32,33,34)/t19?,24-/m0/s1. The second-order valence-corrected chi connectivity index (χ2v) is 12.6. The molecule has 3 amide bonds. The number of piperidine rings is 1. The third-order valence-electron chi connectivity index (χ3n) is 6.46. The Balaban J connectivity index is 2.26. The van der Waals surface area contributed by atoms with Gasteiger partial charge >= 0.3 is 13.9 Å². The Labute approximate surface area is 223 Å². The first-order chi connectivity index (χ1) is 16.9. The molecule has 13 heteroatoms. The number of likely N-dealkylation sites (tertiary alicyclic amines) is 1. The fraction of sp³-hybridized carbons (Fsp3) is 0.667. The van der Waals surface area contributed by atoms with Crippen molar-refractivity contribution in [3.8, 4) is 0 Å². The number of amides is 3. The molecule has 1 aliphatic heterocycles. The van der Waals surface area contributed by atoms with Crippen LogP contribution in [0, 0.1) is 11.3 Å². The third kappa shape index (κ3) is 8.64. The van der Waals surface area contributed by atoms with Crippen molar-refractivity contribution in [2.45, 2.75) is 65.2 Å². The Morgan fingerprint density at radius 2 is 1.81 bits per heavy atom. The first kappa shape index (κ1) is 31.5. The summed E-state index contributed by atoms with van der Waals surface area (Å²) in [7, 11) is -4.76. The molecule has 11 nitrogen and oxygen atoms in total. The number of phosphoric acid groups is 1. The lowest BCUT2D eigenvalue weighted by molar-refractivity contribution is -0.203. The quantitative estimate of drug-likeness (QED) is 0.215. The largest absolute Gasteiger partial charge is 0.471 e. The lowest BCUT2D eigenvalue weighted by atomic mass is 9.66. The molecule has 2 atom stereocenters. The molecule has 0 saturated carbocycles. The maximum absolute atomic E-state index is 13.5. The molecule has 2 rings (SSSR count). The molecule has 0 radical (unpaired) electrons. The van der Waals surface area contributed by atoms with Crippen molar-refractivity contribution in [1.82, 2.24) is 15.5 Å². The number of halogens is 1. The first-order valence-corrected chi connectivity index (χ1v) is 13.9. The Morgan fingerprint density at radius 3 is 2.30 bits per heavy atom. The van der Waals surface area contributed by atoms with E-state index in [0.29, 0.717) is 11.4 Å². The van der Waals surface area contributed by atoms with Gasteiger partial charge in [0.25, 0.3) is 0 Å². The van der Waals surface area contributed by atoms with Gasteiger partial charge in [0.1, 0.15) is 11.6 Å². The molecule has 1 aliphatic rings. The number of nitrogens with zero attached hydrogens (tertiary/aromatic N) is 1. The highest BCUT2D eigenvalue weighted by Gasteiger charge is 2.53. The van der Waals surface area contributed by atoms with Gasteiger partial charge in [-0.05, 0) is 43.9 Å². The van der Waals surface area contributed by atoms with Crippen LogP contribution in [0.25, 0.3) is 0 Å².